The van der Waals surface area contributed by atoms with E-state index < -0.39 is 17.1 Å². The largest absolute Gasteiger partial charge is 0.457 e. The smallest absolute Gasteiger partial charge is 0.179 e. The number of carbonyl (C=O) groups is 2. The zero-order valence-corrected chi connectivity index (χ0v) is 19.6. The van der Waals surface area contributed by atoms with Crippen molar-refractivity contribution in [1.82, 2.24) is 4.98 Å². The number of para-hydroxylation sites is 1. The highest BCUT2D eigenvalue weighted by Crippen LogP contribution is 2.41. The van der Waals surface area contributed by atoms with Gasteiger partial charge in [-0.2, -0.15) is 0 Å². The molecule has 2 aromatic carbocycles. The van der Waals surface area contributed by atoms with Gasteiger partial charge in [0.25, 0.3) is 0 Å². The highest BCUT2D eigenvalue weighted by molar-refractivity contribution is 6.30. The lowest BCUT2D eigenvalue weighted by atomic mass is 9.73. The van der Waals surface area contributed by atoms with E-state index in [4.69, 9.17) is 21.1 Å². The summed E-state index contributed by atoms with van der Waals surface area (Å²) < 4.78 is 12.0. The van der Waals surface area contributed by atoms with Gasteiger partial charge in [-0.1, -0.05) is 36.7 Å². The number of nitrogens with zero attached hydrogens (tertiary/aromatic N) is 1. The first-order valence-electron chi connectivity index (χ1n) is 10.7. The highest BCUT2D eigenvalue weighted by atomic mass is 35.5. The summed E-state index contributed by atoms with van der Waals surface area (Å²) in [7, 11) is 0. The first-order chi connectivity index (χ1) is 15.0. The molecule has 0 aliphatic carbocycles. The molecule has 0 saturated carbocycles. The quantitative estimate of drug-likeness (QED) is 0.356. The monoisotopic (exact) mass is 451 g/mol. The van der Waals surface area contributed by atoms with E-state index in [0.29, 0.717) is 28.6 Å². The van der Waals surface area contributed by atoms with Crippen LogP contribution < -0.4 is 4.74 Å². The molecule has 32 heavy (non-hydrogen) atoms. The first kappa shape index (κ1) is 22.4. The number of pyridine rings is 1. The second kappa shape index (κ2) is 7.98. The van der Waals surface area contributed by atoms with Crippen molar-refractivity contribution in [2.75, 3.05) is 0 Å². The minimum atomic E-state index is -1.07. The van der Waals surface area contributed by atoms with E-state index in [0.717, 1.165) is 16.5 Å². The maximum atomic E-state index is 13.3. The van der Waals surface area contributed by atoms with Crippen LogP contribution >= 0.6 is 11.6 Å². The third kappa shape index (κ3) is 3.91. The number of hydrogen-bond acceptors (Lipinski definition) is 5. The number of aromatic nitrogens is 1. The molecular formula is C26H26ClNO4. The van der Waals surface area contributed by atoms with Crippen molar-refractivity contribution in [2.24, 2.45) is 0 Å². The number of halogens is 1. The zero-order valence-electron chi connectivity index (χ0n) is 18.9. The van der Waals surface area contributed by atoms with Crippen LogP contribution in [0, 0.1) is 0 Å². The van der Waals surface area contributed by atoms with Gasteiger partial charge in [-0.15, -0.1) is 0 Å². The minimum Gasteiger partial charge on any atom is -0.457 e. The minimum absolute atomic E-state index is 0.244. The number of hydrogen-bond donors (Lipinski definition) is 0. The molecule has 0 unspecified atom stereocenters. The molecule has 0 radical (unpaired) electrons. The van der Waals surface area contributed by atoms with Crippen molar-refractivity contribution in [2.45, 2.75) is 58.2 Å². The van der Waals surface area contributed by atoms with Gasteiger partial charge in [0.15, 0.2) is 11.6 Å². The number of ketones is 2. The van der Waals surface area contributed by atoms with Crippen LogP contribution in [0.25, 0.3) is 10.9 Å². The Hall–Kier alpha value is -2.76. The van der Waals surface area contributed by atoms with Gasteiger partial charge >= 0.3 is 0 Å². The summed E-state index contributed by atoms with van der Waals surface area (Å²) in [4.78, 5) is 30.9. The molecule has 0 spiro atoms. The number of carbonyl (C=O) groups excluding carboxylic acids is 2. The first-order valence-corrected chi connectivity index (χ1v) is 11.1. The Morgan fingerprint density at radius 2 is 1.66 bits per heavy atom. The molecule has 1 saturated heterocycles. The Kier molecular flexibility index (Phi) is 5.60. The van der Waals surface area contributed by atoms with Crippen molar-refractivity contribution in [3.63, 3.8) is 0 Å². The average Bonchev–Trinajstić information content (AvgIpc) is 2.72. The molecule has 5 nitrogen and oxygen atoms in total. The van der Waals surface area contributed by atoms with Gasteiger partial charge in [0, 0.05) is 11.5 Å². The molecule has 4 rings (SSSR count). The molecule has 0 atom stereocenters. The van der Waals surface area contributed by atoms with Gasteiger partial charge < -0.3 is 9.47 Å². The number of rotatable bonds is 4. The second-order valence-electron chi connectivity index (χ2n) is 9.06. The van der Waals surface area contributed by atoms with E-state index in [1.54, 1.807) is 39.8 Å². The summed E-state index contributed by atoms with van der Waals surface area (Å²) in [5.41, 5.74) is 0.167. The summed E-state index contributed by atoms with van der Waals surface area (Å²) in [6.07, 6.45) is 0.679. The molecule has 0 amide bonds. The highest BCUT2D eigenvalue weighted by Gasteiger charge is 2.53. The van der Waals surface area contributed by atoms with Crippen molar-refractivity contribution in [3.05, 3.63) is 64.8 Å². The Morgan fingerprint density at radius 1 is 1.00 bits per heavy atom. The molecule has 1 aromatic heterocycles. The van der Waals surface area contributed by atoms with E-state index in [1.165, 1.54) is 0 Å². The van der Waals surface area contributed by atoms with E-state index >= 15 is 0 Å². The van der Waals surface area contributed by atoms with E-state index in [1.807, 2.05) is 43.3 Å². The topological polar surface area (TPSA) is 65.5 Å². The van der Waals surface area contributed by atoms with Gasteiger partial charge in [0.05, 0.1) is 5.52 Å². The summed E-state index contributed by atoms with van der Waals surface area (Å²) in [6, 6.07) is 14.8. The molecule has 0 N–H and O–H groups in total. The summed E-state index contributed by atoms with van der Waals surface area (Å²) in [5, 5.41) is 1.14. The van der Waals surface area contributed by atoms with Crippen molar-refractivity contribution < 1.29 is 19.1 Å². The van der Waals surface area contributed by atoms with Crippen LogP contribution in [0.5, 0.6) is 11.5 Å². The number of ether oxygens (including phenoxy) is 2. The van der Waals surface area contributed by atoms with Gasteiger partial charge in [-0.05, 0) is 69.5 Å². The van der Waals surface area contributed by atoms with Crippen LogP contribution in [0.2, 0.25) is 5.15 Å². The van der Waals surface area contributed by atoms with Crippen molar-refractivity contribution >= 4 is 34.1 Å². The van der Waals surface area contributed by atoms with Crippen LogP contribution in [0.15, 0.2) is 48.5 Å². The number of aryl methyl sites for hydroxylation is 1. The molecule has 2 heterocycles. The van der Waals surface area contributed by atoms with Crippen molar-refractivity contribution in [3.8, 4) is 11.5 Å². The number of fused-ring (bicyclic) bond motifs is 1. The van der Waals surface area contributed by atoms with Crippen LogP contribution in [0.4, 0.5) is 0 Å². The van der Waals surface area contributed by atoms with Crippen LogP contribution in [-0.2, 0) is 20.7 Å². The maximum Gasteiger partial charge on any atom is 0.179 e. The third-order valence-corrected chi connectivity index (χ3v) is 6.10. The lowest BCUT2D eigenvalue weighted by molar-refractivity contribution is -0.184. The van der Waals surface area contributed by atoms with Gasteiger partial charge in [-0.25, -0.2) is 4.98 Å². The average molecular weight is 452 g/mol. The number of Topliss-reactive ketones (excluding diaryl/α,β-unsaturated/α-hetero) is 2. The maximum absolute atomic E-state index is 13.3. The van der Waals surface area contributed by atoms with Gasteiger partial charge in [-0.3, -0.25) is 9.59 Å². The Bertz CT molecular complexity index is 1210. The van der Waals surface area contributed by atoms with Crippen molar-refractivity contribution in [1.29, 1.82) is 0 Å². The Morgan fingerprint density at radius 3 is 2.31 bits per heavy atom. The van der Waals surface area contributed by atoms with E-state index in [9.17, 15) is 9.59 Å². The molecule has 0 bridgehead atoms. The Labute approximate surface area is 192 Å². The molecule has 1 aliphatic heterocycles. The fraction of sp³-hybridized carbons (Fsp3) is 0.346. The summed E-state index contributed by atoms with van der Waals surface area (Å²) in [5.74, 6) is -0.324. The van der Waals surface area contributed by atoms with E-state index in [-0.39, 0.29) is 11.6 Å². The van der Waals surface area contributed by atoms with Gasteiger partial charge in [0.2, 0.25) is 0 Å². The molecular weight excluding hydrogens is 426 g/mol. The lowest BCUT2D eigenvalue weighted by Crippen LogP contribution is -2.58. The molecule has 1 fully saturated rings. The fourth-order valence-electron chi connectivity index (χ4n) is 4.39. The SMILES string of the molecule is CCc1ccc(Oc2cc(Cl)nc3ccccc23)cc1C1C(=O)C(C)(C)OC(C)(C)C1=O. The van der Waals surface area contributed by atoms with Crippen LogP contribution in [0.3, 0.4) is 0 Å². The van der Waals surface area contributed by atoms with E-state index in [2.05, 4.69) is 4.98 Å². The summed E-state index contributed by atoms with van der Waals surface area (Å²) >= 11 is 6.20. The fourth-order valence-corrected chi connectivity index (χ4v) is 4.58. The standard InChI is InChI=1S/C26H26ClNO4/c1-6-15-11-12-16(31-20-14-21(27)28-19-10-8-7-9-17(19)20)13-18(15)22-23(29)25(2,3)32-26(4,5)24(22)30/h7-14,22H,6H2,1-5H3. The molecule has 3 aromatic rings. The van der Waals surface area contributed by atoms with Gasteiger partial charge in [0.1, 0.15) is 33.8 Å². The zero-order chi connectivity index (χ0) is 23.3. The summed E-state index contributed by atoms with van der Waals surface area (Å²) in [6.45, 7) is 8.86. The van der Waals surface area contributed by atoms with Crippen LogP contribution in [-0.4, -0.2) is 27.8 Å². The third-order valence-electron chi connectivity index (χ3n) is 5.91. The predicted octanol–water partition coefficient (Wildman–Crippen LogP) is 6.05. The predicted molar refractivity (Wildman–Crippen MR) is 125 cm³/mol. The lowest BCUT2D eigenvalue weighted by Gasteiger charge is -2.43. The Balaban J connectivity index is 1.81. The molecule has 1 aliphatic rings. The second-order valence-corrected chi connectivity index (χ2v) is 9.45. The molecule has 166 valence electrons. The molecule has 6 heteroatoms. The van der Waals surface area contributed by atoms with Crippen LogP contribution in [0.1, 0.15) is 51.7 Å². The normalized spacial score (nSPS) is 18.2. The number of benzene rings is 2.